The van der Waals surface area contributed by atoms with E-state index in [1.165, 1.54) is 5.56 Å². The van der Waals surface area contributed by atoms with Crippen LogP contribution in [-0.2, 0) is 16.0 Å². The first-order valence-corrected chi connectivity index (χ1v) is 9.28. The molecule has 0 bridgehead atoms. The predicted molar refractivity (Wildman–Crippen MR) is 105 cm³/mol. The van der Waals surface area contributed by atoms with Gasteiger partial charge in [-0.25, -0.2) is 0 Å². The number of nitrogens with zero attached hydrogens (tertiary/aromatic N) is 1. The summed E-state index contributed by atoms with van der Waals surface area (Å²) in [5.41, 5.74) is 4.02. The molecule has 0 radical (unpaired) electrons. The molecule has 3 rings (SSSR count). The lowest BCUT2D eigenvalue weighted by atomic mass is 10.0. The average Bonchev–Trinajstić information content (AvgIpc) is 3.04. The summed E-state index contributed by atoms with van der Waals surface area (Å²) in [5.74, 6) is -0.0749. The van der Waals surface area contributed by atoms with E-state index >= 15 is 0 Å². The van der Waals surface area contributed by atoms with Crippen molar-refractivity contribution in [1.82, 2.24) is 0 Å². The number of hydrogen-bond donors (Lipinski definition) is 1. The Morgan fingerprint density at radius 3 is 2.69 bits per heavy atom. The highest BCUT2D eigenvalue weighted by atomic mass is 16.2. The van der Waals surface area contributed by atoms with Gasteiger partial charge in [0, 0.05) is 24.3 Å². The lowest BCUT2D eigenvalue weighted by Gasteiger charge is -2.18. The molecule has 1 atom stereocenters. The maximum Gasteiger partial charge on any atom is 0.229 e. The van der Waals surface area contributed by atoms with Gasteiger partial charge in [-0.05, 0) is 41.7 Å². The van der Waals surface area contributed by atoms with Gasteiger partial charge in [0.05, 0.1) is 5.92 Å². The van der Waals surface area contributed by atoms with Crippen molar-refractivity contribution in [3.8, 4) is 0 Å². The molecule has 0 aliphatic carbocycles. The van der Waals surface area contributed by atoms with E-state index in [-0.39, 0.29) is 24.2 Å². The van der Waals surface area contributed by atoms with Crippen LogP contribution in [0.25, 0.3) is 0 Å². The molecule has 1 heterocycles. The van der Waals surface area contributed by atoms with Crippen LogP contribution in [0, 0.1) is 5.92 Å². The molecular formula is C22H26N2O2. The van der Waals surface area contributed by atoms with E-state index in [0.29, 0.717) is 12.5 Å². The number of anilines is 2. The maximum absolute atomic E-state index is 12.7. The Labute approximate surface area is 155 Å². The van der Waals surface area contributed by atoms with E-state index in [1.54, 1.807) is 4.90 Å². The fraction of sp³-hybridized carbons (Fsp3) is 0.364. The molecule has 1 aliphatic heterocycles. The number of carbonyl (C=O) groups excluding carboxylic acids is 2. The van der Waals surface area contributed by atoms with Crippen LogP contribution in [0.15, 0.2) is 48.5 Å². The first kappa shape index (κ1) is 18.2. The molecule has 1 aliphatic rings. The third-order valence-corrected chi connectivity index (χ3v) is 4.97. The van der Waals surface area contributed by atoms with Crippen molar-refractivity contribution in [3.05, 3.63) is 59.7 Å². The van der Waals surface area contributed by atoms with Gasteiger partial charge >= 0.3 is 0 Å². The fourth-order valence-corrected chi connectivity index (χ4v) is 3.43. The minimum absolute atomic E-state index is 0.00977. The van der Waals surface area contributed by atoms with Gasteiger partial charge in [0.1, 0.15) is 0 Å². The second kappa shape index (κ2) is 7.73. The molecule has 26 heavy (non-hydrogen) atoms. The number of benzene rings is 2. The van der Waals surface area contributed by atoms with Gasteiger partial charge in [-0.2, -0.15) is 0 Å². The van der Waals surface area contributed by atoms with E-state index in [1.807, 2.05) is 42.5 Å². The summed E-state index contributed by atoms with van der Waals surface area (Å²) in [6, 6.07) is 15.8. The SMILES string of the molecule is CCc1cccc(N2C[C@@H](C(=O)Nc3ccccc3C(C)C)CC2=O)c1. The summed E-state index contributed by atoms with van der Waals surface area (Å²) in [4.78, 5) is 26.9. The number of nitrogens with one attached hydrogen (secondary N) is 1. The minimum Gasteiger partial charge on any atom is -0.326 e. The van der Waals surface area contributed by atoms with E-state index in [4.69, 9.17) is 0 Å². The number of amides is 2. The largest absolute Gasteiger partial charge is 0.326 e. The van der Waals surface area contributed by atoms with Crippen molar-refractivity contribution in [2.45, 2.75) is 39.5 Å². The zero-order chi connectivity index (χ0) is 18.7. The van der Waals surface area contributed by atoms with E-state index < -0.39 is 0 Å². The third-order valence-electron chi connectivity index (χ3n) is 4.97. The van der Waals surface area contributed by atoms with Gasteiger partial charge in [0.25, 0.3) is 0 Å². The Kier molecular flexibility index (Phi) is 5.40. The van der Waals surface area contributed by atoms with Crippen LogP contribution in [0.2, 0.25) is 0 Å². The lowest BCUT2D eigenvalue weighted by Crippen LogP contribution is -2.28. The molecule has 2 aromatic carbocycles. The van der Waals surface area contributed by atoms with E-state index in [2.05, 4.69) is 32.2 Å². The number of hydrogen-bond acceptors (Lipinski definition) is 2. The summed E-state index contributed by atoms with van der Waals surface area (Å²) < 4.78 is 0. The Balaban J connectivity index is 1.73. The molecule has 2 aromatic rings. The van der Waals surface area contributed by atoms with E-state index in [9.17, 15) is 9.59 Å². The molecular weight excluding hydrogens is 324 g/mol. The topological polar surface area (TPSA) is 49.4 Å². The summed E-state index contributed by atoms with van der Waals surface area (Å²) >= 11 is 0. The quantitative estimate of drug-likeness (QED) is 0.871. The van der Waals surface area contributed by atoms with Crippen LogP contribution in [-0.4, -0.2) is 18.4 Å². The van der Waals surface area contributed by atoms with Gasteiger partial charge in [0.2, 0.25) is 11.8 Å². The van der Waals surface area contributed by atoms with Crippen molar-refractivity contribution in [2.24, 2.45) is 5.92 Å². The van der Waals surface area contributed by atoms with Gasteiger partial charge in [-0.1, -0.05) is 51.1 Å². The molecule has 2 amide bonds. The number of aryl methyl sites for hydroxylation is 1. The Hall–Kier alpha value is -2.62. The van der Waals surface area contributed by atoms with Crippen LogP contribution in [0.3, 0.4) is 0 Å². The fourth-order valence-electron chi connectivity index (χ4n) is 3.43. The monoisotopic (exact) mass is 350 g/mol. The minimum atomic E-state index is -0.326. The van der Waals surface area contributed by atoms with Gasteiger partial charge in [-0.3, -0.25) is 9.59 Å². The lowest BCUT2D eigenvalue weighted by molar-refractivity contribution is -0.122. The van der Waals surface area contributed by atoms with Crippen molar-refractivity contribution in [2.75, 3.05) is 16.8 Å². The van der Waals surface area contributed by atoms with Crippen molar-refractivity contribution in [3.63, 3.8) is 0 Å². The maximum atomic E-state index is 12.7. The summed E-state index contributed by atoms with van der Waals surface area (Å²) in [7, 11) is 0. The second-order valence-corrected chi connectivity index (χ2v) is 7.16. The molecule has 1 fully saturated rings. The average molecular weight is 350 g/mol. The number of para-hydroxylation sites is 1. The summed E-state index contributed by atoms with van der Waals surface area (Å²) in [6.45, 7) is 6.73. The Bertz CT molecular complexity index is 813. The molecule has 0 aromatic heterocycles. The van der Waals surface area contributed by atoms with Crippen LogP contribution in [0.4, 0.5) is 11.4 Å². The number of carbonyl (C=O) groups is 2. The van der Waals surface area contributed by atoms with E-state index in [0.717, 1.165) is 23.4 Å². The van der Waals surface area contributed by atoms with Crippen molar-refractivity contribution >= 4 is 23.2 Å². The van der Waals surface area contributed by atoms with Crippen LogP contribution in [0.5, 0.6) is 0 Å². The summed E-state index contributed by atoms with van der Waals surface area (Å²) in [5, 5.41) is 3.03. The molecule has 1 saturated heterocycles. The number of rotatable bonds is 5. The molecule has 0 saturated carbocycles. The second-order valence-electron chi connectivity index (χ2n) is 7.16. The zero-order valence-corrected chi connectivity index (χ0v) is 15.7. The highest BCUT2D eigenvalue weighted by Crippen LogP contribution is 2.28. The van der Waals surface area contributed by atoms with Crippen LogP contribution < -0.4 is 10.2 Å². The van der Waals surface area contributed by atoms with Gasteiger partial charge < -0.3 is 10.2 Å². The zero-order valence-electron chi connectivity index (χ0n) is 15.7. The predicted octanol–water partition coefficient (Wildman–Crippen LogP) is 4.36. The molecule has 4 nitrogen and oxygen atoms in total. The molecule has 1 N–H and O–H groups in total. The van der Waals surface area contributed by atoms with Crippen molar-refractivity contribution in [1.29, 1.82) is 0 Å². The first-order valence-electron chi connectivity index (χ1n) is 9.28. The first-order chi connectivity index (χ1) is 12.5. The van der Waals surface area contributed by atoms with Crippen LogP contribution in [0.1, 0.15) is 44.2 Å². The Morgan fingerprint density at radius 2 is 1.96 bits per heavy atom. The molecule has 0 unspecified atom stereocenters. The molecule has 136 valence electrons. The molecule has 0 spiro atoms. The Morgan fingerprint density at radius 1 is 1.19 bits per heavy atom. The third kappa shape index (κ3) is 3.79. The highest BCUT2D eigenvalue weighted by Gasteiger charge is 2.35. The normalized spacial score (nSPS) is 17.0. The smallest absolute Gasteiger partial charge is 0.229 e. The van der Waals surface area contributed by atoms with Gasteiger partial charge in [-0.15, -0.1) is 0 Å². The standard InChI is InChI=1S/C22H26N2O2/c1-4-16-8-7-9-18(12-16)24-14-17(13-21(24)25)22(26)23-20-11-6-5-10-19(20)15(2)3/h5-12,15,17H,4,13-14H2,1-3H3,(H,23,26)/t17-/m0/s1. The summed E-state index contributed by atoms with van der Waals surface area (Å²) in [6.07, 6.45) is 1.18. The molecule has 4 heteroatoms. The highest BCUT2D eigenvalue weighted by molar-refractivity contribution is 6.03. The van der Waals surface area contributed by atoms with Crippen LogP contribution >= 0.6 is 0 Å². The van der Waals surface area contributed by atoms with Gasteiger partial charge in [0.15, 0.2) is 0 Å². The van der Waals surface area contributed by atoms with Crippen molar-refractivity contribution < 1.29 is 9.59 Å².